The number of nitrogen functional groups attached to an aromatic ring is 1. The second-order valence-electron chi connectivity index (χ2n) is 3.24. The SMILES string of the molecule is CC1COc2c(F)cc(N)cc2N1. The van der Waals surface area contributed by atoms with Gasteiger partial charge in [-0.2, -0.15) is 0 Å². The molecule has 0 saturated carbocycles. The van der Waals surface area contributed by atoms with Gasteiger partial charge in [0.1, 0.15) is 6.61 Å². The van der Waals surface area contributed by atoms with Crippen LogP contribution < -0.4 is 15.8 Å². The lowest BCUT2D eigenvalue weighted by Gasteiger charge is -2.25. The molecule has 0 amide bonds. The van der Waals surface area contributed by atoms with Crippen LogP contribution in [-0.4, -0.2) is 12.6 Å². The number of hydrogen-bond acceptors (Lipinski definition) is 3. The van der Waals surface area contributed by atoms with Crippen LogP contribution in [0.15, 0.2) is 12.1 Å². The highest BCUT2D eigenvalue weighted by Crippen LogP contribution is 2.33. The highest BCUT2D eigenvalue weighted by atomic mass is 19.1. The van der Waals surface area contributed by atoms with Gasteiger partial charge in [-0.25, -0.2) is 4.39 Å². The van der Waals surface area contributed by atoms with Gasteiger partial charge >= 0.3 is 0 Å². The molecule has 0 aromatic heterocycles. The number of nitrogens with one attached hydrogen (secondary N) is 1. The second-order valence-corrected chi connectivity index (χ2v) is 3.24. The highest BCUT2D eigenvalue weighted by molar-refractivity contribution is 5.65. The number of hydrogen-bond donors (Lipinski definition) is 2. The summed E-state index contributed by atoms with van der Waals surface area (Å²) in [6.07, 6.45) is 0. The van der Waals surface area contributed by atoms with Crippen LogP contribution in [-0.2, 0) is 0 Å². The Hall–Kier alpha value is -1.45. The molecule has 0 bridgehead atoms. The summed E-state index contributed by atoms with van der Waals surface area (Å²) in [5, 5.41) is 3.10. The molecule has 4 heteroatoms. The molecule has 1 unspecified atom stereocenters. The Kier molecular flexibility index (Phi) is 1.76. The summed E-state index contributed by atoms with van der Waals surface area (Å²) in [6, 6.07) is 3.12. The van der Waals surface area contributed by atoms with Crippen LogP contribution in [0.2, 0.25) is 0 Å². The lowest BCUT2D eigenvalue weighted by Crippen LogP contribution is -2.28. The minimum absolute atomic E-state index is 0.189. The zero-order valence-electron chi connectivity index (χ0n) is 7.30. The first-order valence-corrected chi connectivity index (χ1v) is 4.15. The van der Waals surface area contributed by atoms with E-state index in [0.717, 1.165) is 0 Å². The van der Waals surface area contributed by atoms with E-state index in [0.29, 0.717) is 18.0 Å². The van der Waals surface area contributed by atoms with Gasteiger partial charge in [0.05, 0.1) is 11.7 Å². The third kappa shape index (κ3) is 1.39. The number of anilines is 2. The van der Waals surface area contributed by atoms with E-state index >= 15 is 0 Å². The van der Waals surface area contributed by atoms with Gasteiger partial charge in [0.15, 0.2) is 11.6 Å². The first kappa shape index (κ1) is 8.16. The van der Waals surface area contributed by atoms with E-state index in [1.54, 1.807) is 6.07 Å². The zero-order chi connectivity index (χ0) is 9.42. The molecule has 3 nitrogen and oxygen atoms in total. The van der Waals surface area contributed by atoms with E-state index in [4.69, 9.17) is 10.5 Å². The van der Waals surface area contributed by atoms with Crippen molar-refractivity contribution in [3.8, 4) is 5.75 Å². The maximum absolute atomic E-state index is 13.2. The molecule has 1 aliphatic rings. The molecule has 2 rings (SSSR count). The molecule has 1 aromatic carbocycles. The first-order valence-electron chi connectivity index (χ1n) is 4.15. The summed E-state index contributed by atoms with van der Waals surface area (Å²) >= 11 is 0. The highest BCUT2D eigenvalue weighted by Gasteiger charge is 2.19. The fourth-order valence-electron chi connectivity index (χ4n) is 1.38. The lowest BCUT2D eigenvalue weighted by atomic mass is 10.2. The number of benzene rings is 1. The molecule has 1 aliphatic heterocycles. The number of rotatable bonds is 0. The standard InChI is InChI=1S/C9H11FN2O/c1-5-4-13-9-7(10)2-6(11)3-8(9)12-5/h2-3,5,12H,4,11H2,1H3. The van der Waals surface area contributed by atoms with Gasteiger partial charge in [0.25, 0.3) is 0 Å². The molecule has 3 N–H and O–H groups in total. The van der Waals surface area contributed by atoms with E-state index in [1.165, 1.54) is 6.07 Å². The van der Waals surface area contributed by atoms with Crippen LogP contribution in [0.5, 0.6) is 5.75 Å². The van der Waals surface area contributed by atoms with Gasteiger partial charge in [0.2, 0.25) is 0 Å². The van der Waals surface area contributed by atoms with Crippen LogP contribution >= 0.6 is 0 Å². The minimum atomic E-state index is -0.408. The molecule has 0 radical (unpaired) electrons. The van der Waals surface area contributed by atoms with Crippen molar-refractivity contribution in [3.63, 3.8) is 0 Å². The van der Waals surface area contributed by atoms with Crippen LogP contribution in [0.1, 0.15) is 6.92 Å². The third-order valence-corrected chi connectivity index (χ3v) is 1.95. The predicted molar refractivity (Wildman–Crippen MR) is 49.4 cm³/mol. The lowest BCUT2D eigenvalue weighted by molar-refractivity contribution is 0.278. The Balaban J connectivity index is 2.47. The Morgan fingerprint density at radius 1 is 1.62 bits per heavy atom. The molecule has 0 spiro atoms. The number of halogens is 1. The third-order valence-electron chi connectivity index (χ3n) is 1.95. The van der Waals surface area contributed by atoms with Crippen LogP contribution in [0.25, 0.3) is 0 Å². The Bertz CT molecular complexity index is 341. The van der Waals surface area contributed by atoms with Gasteiger partial charge in [-0.1, -0.05) is 0 Å². The first-order chi connectivity index (χ1) is 6.16. The van der Waals surface area contributed by atoms with Gasteiger partial charge in [-0.3, -0.25) is 0 Å². The van der Waals surface area contributed by atoms with Crippen molar-refractivity contribution in [3.05, 3.63) is 17.9 Å². The van der Waals surface area contributed by atoms with Gasteiger partial charge in [-0.15, -0.1) is 0 Å². The molecule has 70 valence electrons. The molecule has 1 heterocycles. The molecule has 1 aromatic rings. The van der Waals surface area contributed by atoms with Crippen molar-refractivity contribution in [2.75, 3.05) is 17.7 Å². The summed E-state index contributed by atoms with van der Waals surface area (Å²) < 4.78 is 18.4. The molecule has 0 aliphatic carbocycles. The number of ether oxygens (including phenoxy) is 1. The Morgan fingerprint density at radius 3 is 3.15 bits per heavy atom. The summed E-state index contributed by atoms with van der Waals surface area (Å²) in [5.74, 6) is -0.137. The van der Waals surface area contributed by atoms with Crippen LogP contribution in [0.4, 0.5) is 15.8 Å². The van der Waals surface area contributed by atoms with Gasteiger partial charge in [0, 0.05) is 11.8 Å². The van der Waals surface area contributed by atoms with Crippen LogP contribution in [0, 0.1) is 5.82 Å². The second kappa shape index (κ2) is 2.80. The topological polar surface area (TPSA) is 47.3 Å². The smallest absolute Gasteiger partial charge is 0.178 e. The molecular weight excluding hydrogens is 171 g/mol. The number of nitrogens with two attached hydrogens (primary N) is 1. The van der Waals surface area contributed by atoms with Crippen LogP contribution in [0.3, 0.4) is 0 Å². The molecule has 1 atom stereocenters. The van der Waals surface area contributed by atoms with Crippen molar-refractivity contribution in [1.29, 1.82) is 0 Å². The summed E-state index contributed by atoms with van der Waals surface area (Å²) in [6.45, 7) is 2.44. The van der Waals surface area contributed by atoms with Crippen molar-refractivity contribution >= 4 is 11.4 Å². The van der Waals surface area contributed by atoms with E-state index < -0.39 is 5.82 Å². The molecule has 0 saturated heterocycles. The quantitative estimate of drug-likeness (QED) is 0.599. The van der Waals surface area contributed by atoms with E-state index in [1.807, 2.05) is 6.92 Å². The minimum Gasteiger partial charge on any atom is -0.486 e. The van der Waals surface area contributed by atoms with E-state index in [2.05, 4.69) is 5.32 Å². The van der Waals surface area contributed by atoms with E-state index in [9.17, 15) is 4.39 Å². The van der Waals surface area contributed by atoms with Crippen molar-refractivity contribution in [2.45, 2.75) is 13.0 Å². The summed E-state index contributed by atoms with van der Waals surface area (Å²) in [5.41, 5.74) is 6.53. The molecule has 0 fully saturated rings. The maximum atomic E-state index is 13.2. The largest absolute Gasteiger partial charge is 0.486 e. The summed E-state index contributed by atoms with van der Waals surface area (Å²) in [7, 11) is 0. The Labute approximate surface area is 75.7 Å². The average Bonchev–Trinajstić information content (AvgIpc) is 2.02. The normalized spacial score (nSPS) is 20.0. The zero-order valence-corrected chi connectivity index (χ0v) is 7.30. The average molecular weight is 182 g/mol. The van der Waals surface area contributed by atoms with Crippen molar-refractivity contribution < 1.29 is 9.13 Å². The van der Waals surface area contributed by atoms with Gasteiger partial charge < -0.3 is 15.8 Å². The molecular formula is C9H11FN2O. The van der Waals surface area contributed by atoms with Crippen molar-refractivity contribution in [2.24, 2.45) is 0 Å². The fraction of sp³-hybridized carbons (Fsp3) is 0.333. The Morgan fingerprint density at radius 2 is 2.38 bits per heavy atom. The predicted octanol–water partition coefficient (Wildman–Crippen LogP) is 1.60. The monoisotopic (exact) mass is 182 g/mol. The van der Waals surface area contributed by atoms with Gasteiger partial charge in [-0.05, 0) is 13.0 Å². The van der Waals surface area contributed by atoms with E-state index in [-0.39, 0.29) is 11.8 Å². The fourth-order valence-corrected chi connectivity index (χ4v) is 1.38. The maximum Gasteiger partial charge on any atom is 0.178 e. The van der Waals surface area contributed by atoms with Crippen molar-refractivity contribution in [1.82, 2.24) is 0 Å². The summed E-state index contributed by atoms with van der Waals surface area (Å²) in [4.78, 5) is 0. The molecule has 13 heavy (non-hydrogen) atoms. The number of fused-ring (bicyclic) bond motifs is 1.